The summed E-state index contributed by atoms with van der Waals surface area (Å²) in [4.78, 5) is 2.74. The Bertz CT molecular complexity index is 1240. The number of hydrogen-bond donors (Lipinski definition) is 2. The molecule has 176 valence electrons. The van der Waals surface area contributed by atoms with E-state index in [2.05, 4.69) is 14.7 Å². The number of rotatable bonds is 7. The van der Waals surface area contributed by atoms with Gasteiger partial charge in [0.1, 0.15) is 17.0 Å². The van der Waals surface area contributed by atoms with Crippen LogP contribution in [0.4, 0.5) is 22.7 Å². The van der Waals surface area contributed by atoms with Crippen LogP contribution >= 0.6 is 11.5 Å². The highest BCUT2D eigenvalue weighted by molar-refractivity contribution is 7.93. The number of halogens is 4. The second-order valence-corrected chi connectivity index (χ2v) is 9.84. The van der Waals surface area contributed by atoms with Gasteiger partial charge in [-0.25, -0.2) is 31.0 Å². The predicted molar refractivity (Wildman–Crippen MR) is 113 cm³/mol. The van der Waals surface area contributed by atoms with E-state index in [-0.39, 0.29) is 23.6 Å². The first-order valence-electron chi connectivity index (χ1n) is 9.81. The fraction of sp³-hybridized carbons (Fsp3) is 0.300. The number of anilines is 1. The molecule has 7 nitrogen and oxygen atoms in total. The van der Waals surface area contributed by atoms with Crippen LogP contribution in [0.15, 0.2) is 41.6 Å². The number of benzene rings is 2. The second-order valence-electron chi connectivity index (χ2n) is 7.41. The monoisotopic (exact) mass is 502 g/mol. The third-order valence-corrected chi connectivity index (χ3v) is 7.35. The summed E-state index contributed by atoms with van der Waals surface area (Å²) in [5.41, 5.74) is 0.583. The molecule has 1 aliphatic rings. The van der Waals surface area contributed by atoms with Crippen molar-refractivity contribution in [3.63, 3.8) is 0 Å². The molecule has 1 saturated heterocycles. The normalized spacial score (nSPS) is 18.8. The summed E-state index contributed by atoms with van der Waals surface area (Å²) in [6, 6.07) is 4.86. The van der Waals surface area contributed by atoms with Crippen molar-refractivity contribution < 1.29 is 30.7 Å². The minimum absolute atomic E-state index is 0.0534. The first-order valence-corrected chi connectivity index (χ1v) is 12.1. The van der Waals surface area contributed by atoms with E-state index < -0.39 is 43.9 Å². The smallest absolute Gasteiger partial charge is 0.266 e. The topological polar surface area (TPSA) is 93.2 Å². The standard InChI is InChI=1S/C20H18F4N4O3S2/c21-14-2-1-11(5-15(14)22)13-3-4-25-8-12(13)9-31-18-6-17(24)19(7-16(18)23)33(29,30)28-20-26-10-27-32-20/h1-2,5-7,10,12-13,25H,3-4,8-9H2,(H,26,27,28). The van der Waals surface area contributed by atoms with Crippen LogP contribution in [0.3, 0.4) is 0 Å². The zero-order chi connectivity index (χ0) is 23.6. The molecule has 2 N–H and O–H groups in total. The Morgan fingerprint density at radius 1 is 1.09 bits per heavy atom. The van der Waals surface area contributed by atoms with Gasteiger partial charge in [-0.2, -0.15) is 4.37 Å². The summed E-state index contributed by atoms with van der Waals surface area (Å²) in [5, 5.41) is 3.07. The number of nitrogens with one attached hydrogen (secondary N) is 2. The zero-order valence-corrected chi connectivity index (χ0v) is 18.5. The van der Waals surface area contributed by atoms with Crippen molar-refractivity contribution >= 4 is 26.7 Å². The average molecular weight is 503 g/mol. The first kappa shape index (κ1) is 23.4. The Kier molecular flexibility index (Phi) is 6.81. The van der Waals surface area contributed by atoms with Crippen LogP contribution < -0.4 is 14.8 Å². The van der Waals surface area contributed by atoms with E-state index in [9.17, 15) is 26.0 Å². The number of aromatic nitrogens is 2. The zero-order valence-electron chi connectivity index (χ0n) is 16.9. The molecule has 0 radical (unpaired) electrons. The fourth-order valence-corrected chi connectivity index (χ4v) is 5.43. The van der Waals surface area contributed by atoms with Crippen molar-refractivity contribution in [3.05, 3.63) is 65.5 Å². The molecule has 0 saturated carbocycles. The molecule has 33 heavy (non-hydrogen) atoms. The molecule has 1 fully saturated rings. The van der Waals surface area contributed by atoms with Crippen LogP contribution in [0.25, 0.3) is 0 Å². The molecule has 1 aliphatic heterocycles. The van der Waals surface area contributed by atoms with Gasteiger partial charge in [0, 0.05) is 36.1 Å². The van der Waals surface area contributed by atoms with Gasteiger partial charge in [0.05, 0.1) is 6.61 Å². The molecule has 4 rings (SSSR count). The SMILES string of the molecule is O=S(=O)(Nc1ncns1)c1cc(F)c(OCC2CNCCC2c2ccc(F)c(F)c2)cc1F. The summed E-state index contributed by atoms with van der Waals surface area (Å²) >= 11 is 0.739. The average Bonchev–Trinajstić information content (AvgIpc) is 3.28. The van der Waals surface area contributed by atoms with Gasteiger partial charge in [-0.3, -0.25) is 4.72 Å². The van der Waals surface area contributed by atoms with Crippen LogP contribution in [0, 0.1) is 29.2 Å². The van der Waals surface area contributed by atoms with Crippen LogP contribution in [-0.4, -0.2) is 37.5 Å². The maximum absolute atomic E-state index is 14.6. The highest BCUT2D eigenvalue weighted by Crippen LogP contribution is 2.33. The third kappa shape index (κ3) is 5.25. The fourth-order valence-electron chi connectivity index (χ4n) is 3.69. The first-order chi connectivity index (χ1) is 15.7. The quantitative estimate of drug-likeness (QED) is 0.479. The molecular formula is C20H18F4N4O3S2. The number of sulfonamides is 1. The van der Waals surface area contributed by atoms with E-state index in [0.717, 1.165) is 30.0 Å². The molecule has 0 amide bonds. The van der Waals surface area contributed by atoms with Gasteiger partial charge >= 0.3 is 0 Å². The van der Waals surface area contributed by atoms with Crippen molar-refractivity contribution in [2.75, 3.05) is 24.4 Å². The summed E-state index contributed by atoms with van der Waals surface area (Å²) in [7, 11) is -4.43. The maximum atomic E-state index is 14.6. The third-order valence-electron chi connectivity index (χ3n) is 5.29. The van der Waals surface area contributed by atoms with Crippen molar-refractivity contribution in [1.82, 2.24) is 14.7 Å². The molecule has 2 heterocycles. The van der Waals surface area contributed by atoms with Crippen molar-refractivity contribution in [3.8, 4) is 5.75 Å². The van der Waals surface area contributed by atoms with Gasteiger partial charge in [-0.1, -0.05) is 6.07 Å². The number of hydrogen-bond acceptors (Lipinski definition) is 7. The minimum atomic E-state index is -4.43. The molecular weight excluding hydrogens is 484 g/mol. The molecule has 1 aromatic heterocycles. The number of ether oxygens (including phenoxy) is 1. The van der Waals surface area contributed by atoms with Gasteiger partial charge < -0.3 is 10.1 Å². The largest absolute Gasteiger partial charge is 0.490 e. The Labute approximate surface area is 191 Å². The summed E-state index contributed by atoms with van der Waals surface area (Å²) in [5.74, 6) is -5.08. The Hall–Kier alpha value is -2.77. The van der Waals surface area contributed by atoms with E-state index in [1.165, 1.54) is 6.07 Å². The Balaban J connectivity index is 1.50. The molecule has 0 spiro atoms. The highest BCUT2D eigenvalue weighted by Gasteiger charge is 2.29. The Morgan fingerprint density at radius 3 is 2.64 bits per heavy atom. The molecule has 0 bridgehead atoms. The number of nitrogens with zero attached hydrogens (tertiary/aromatic N) is 2. The van der Waals surface area contributed by atoms with E-state index in [1.54, 1.807) is 0 Å². The molecule has 2 unspecified atom stereocenters. The predicted octanol–water partition coefficient (Wildman–Crippen LogP) is 3.67. The lowest BCUT2D eigenvalue weighted by atomic mass is 9.81. The van der Waals surface area contributed by atoms with Gasteiger partial charge in [-0.15, -0.1) is 0 Å². The summed E-state index contributed by atoms with van der Waals surface area (Å²) < 4.78 is 92.0. The summed E-state index contributed by atoms with van der Waals surface area (Å²) in [6.07, 6.45) is 1.73. The lowest BCUT2D eigenvalue weighted by Gasteiger charge is -2.32. The van der Waals surface area contributed by atoms with Crippen LogP contribution in [0.1, 0.15) is 17.9 Å². The molecule has 13 heteroatoms. The van der Waals surface area contributed by atoms with Crippen molar-refractivity contribution in [2.24, 2.45) is 5.92 Å². The van der Waals surface area contributed by atoms with Crippen LogP contribution in [0.2, 0.25) is 0 Å². The van der Waals surface area contributed by atoms with Crippen molar-refractivity contribution in [1.29, 1.82) is 0 Å². The lowest BCUT2D eigenvalue weighted by molar-refractivity contribution is 0.190. The molecule has 3 aromatic rings. The molecule has 2 atom stereocenters. The second kappa shape index (κ2) is 9.61. The molecule has 2 aromatic carbocycles. The van der Waals surface area contributed by atoms with Gasteiger partial charge in [-0.05, 0) is 36.6 Å². The van der Waals surface area contributed by atoms with Gasteiger partial charge in [0.25, 0.3) is 10.0 Å². The van der Waals surface area contributed by atoms with Crippen molar-refractivity contribution in [2.45, 2.75) is 17.2 Å². The van der Waals surface area contributed by atoms with Crippen LogP contribution in [0.5, 0.6) is 5.75 Å². The number of piperidine rings is 1. The highest BCUT2D eigenvalue weighted by atomic mass is 32.2. The van der Waals surface area contributed by atoms with Gasteiger partial charge in [0.15, 0.2) is 23.2 Å². The lowest BCUT2D eigenvalue weighted by Crippen LogP contribution is -2.38. The van der Waals surface area contributed by atoms with E-state index in [1.807, 2.05) is 4.72 Å². The minimum Gasteiger partial charge on any atom is -0.490 e. The Morgan fingerprint density at radius 2 is 1.91 bits per heavy atom. The summed E-state index contributed by atoms with van der Waals surface area (Å²) in [6.45, 7) is 1.06. The van der Waals surface area contributed by atoms with E-state index in [4.69, 9.17) is 4.74 Å². The van der Waals surface area contributed by atoms with Gasteiger partial charge in [0.2, 0.25) is 5.13 Å². The molecule has 0 aliphatic carbocycles. The van der Waals surface area contributed by atoms with Crippen LogP contribution in [-0.2, 0) is 10.0 Å². The van der Waals surface area contributed by atoms with E-state index >= 15 is 0 Å². The van der Waals surface area contributed by atoms with E-state index in [0.29, 0.717) is 37.2 Å². The maximum Gasteiger partial charge on any atom is 0.266 e.